The summed E-state index contributed by atoms with van der Waals surface area (Å²) in [6.07, 6.45) is 0. The van der Waals surface area contributed by atoms with E-state index in [0.29, 0.717) is 32.8 Å². The van der Waals surface area contributed by atoms with Crippen LogP contribution >= 0.6 is 0 Å². The normalized spacial score (nSPS) is 17.0. The Morgan fingerprint density at radius 1 is 1.29 bits per heavy atom. The Hall–Kier alpha value is -1.43. The van der Waals surface area contributed by atoms with Gasteiger partial charge in [-0.15, -0.1) is 0 Å². The monoisotopic (exact) mass is 291 g/mol. The standard InChI is InChI=1S/C16H25N3O2/c1-13(16(20)19-7-9-21-10-8-19)18(2)12-15-5-3-14(11-17)4-6-15/h3-6,13H,7-12,17H2,1-2H3. The highest BCUT2D eigenvalue weighted by Crippen LogP contribution is 2.11. The van der Waals surface area contributed by atoms with Crippen molar-refractivity contribution in [3.8, 4) is 0 Å². The van der Waals surface area contributed by atoms with E-state index in [0.717, 1.165) is 12.1 Å². The molecule has 1 amide bonds. The minimum absolute atomic E-state index is 0.128. The predicted molar refractivity (Wildman–Crippen MR) is 82.7 cm³/mol. The first-order valence-electron chi connectivity index (χ1n) is 7.46. The average Bonchev–Trinajstić information content (AvgIpc) is 2.55. The molecule has 1 atom stereocenters. The first-order chi connectivity index (χ1) is 10.1. The van der Waals surface area contributed by atoms with Crippen molar-refractivity contribution in [3.05, 3.63) is 35.4 Å². The van der Waals surface area contributed by atoms with Crippen LogP contribution in [0.25, 0.3) is 0 Å². The molecule has 1 saturated heterocycles. The number of carbonyl (C=O) groups excluding carboxylic acids is 1. The smallest absolute Gasteiger partial charge is 0.239 e. The SMILES string of the molecule is CC(C(=O)N1CCOCC1)N(C)Cc1ccc(CN)cc1. The Morgan fingerprint density at radius 2 is 1.86 bits per heavy atom. The molecule has 21 heavy (non-hydrogen) atoms. The number of rotatable bonds is 5. The number of carbonyl (C=O) groups is 1. The van der Waals surface area contributed by atoms with Gasteiger partial charge in [-0.1, -0.05) is 24.3 Å². The topological polar surface area (TPSA) is 58.8 Å². The summed E-state index contributed by atoms with van der Waals surface area (Å²) in [6, 6.07) is 8.10. The van der Waals surface area contributed by atoms with Gasteiger partial charge in [0.05, 0.1) is 19.3 Å². The van der Waals surface area contributed by atoms with Gasteiger partial charge in [-0.3, -0.25) is 9.69 Å². The molecule has 0 saturated carbocycles. The number of ether oxygens (including phenoxy) is 1. The van der Waals surface area contributed by atoms with Gasteiger partial charge in [0, 0.05) is 26.2 Å². The Balaban J connectivity index is 1.91. The molecule has 1 aromatic carbocycles. The van der Waals surface area contributed by atoms with Gasteiger partial charge in [-0.25, -0.2) is 0 Å². The molecule has 0 bridgehead atoms. The summed E-state index contributed by atoms with van der Waals surface area (Å²) in [4.78, 5) is 16.4. The van der Waals surface area contributed by atoms with Gasteiger partial charge < -0.3 is 15.4 Å². The minimum Gasteiger partial charge on any atom is -0.378 e. The number of amides is 1. The quantitative estimate of drug-likeness (QED) is 0.873. The van der Waals surface area contributed by atoms with Gasteiger partial charge >= 0.3 is 0 Å². The molecule has 1 unspecified atom stereocenters. The first-order valence-corrected chi connectivity index (χ1v) is 7.46. The van der Waals surface area contributed by atoms with Gasteiger partial charge in [0.25, 0.3) is 0 Å². The van der Waals surface area contributed by atoms with Crippen molar-refractivity contribution in [1.82, 2.24) is 9.80 Å². The summed E-state index contributed by atoms with van der Waals surface area (Å²) in [7, 11) is 1.99. The second kappa shape index (κ2) is 7.54. The van der Waals surface area contributed by atoms with E-state index in [4.69, 9.17) is 10.5 Å². The molecule has 5 nitrogen and oxygen atoms in total. The Bertz CT molecular complexity index is 455. The fourth-order valence-electron chi connectivity index (χ4n) is 2.44. The van der Waals surface area contributed by atoms with Crippen LogP contribution in [0.5, 0.6) is 0 Å². The van der Waals surface area contributed by atoms with Crippen LogP contribution in [0.2, 0.25) is 0 Å². The van der Waals surface area contributed by atoms with E-state index in [-0.39, 0.29) is 11.9 Å². The van der Waals surface area contributed by atoms with E-state index in [1.54, 1.807) is 0 Å². The zero-order valence-corrected chi connectivity index (χ0v) is 12.9. The maximum absolute atomic E-state index is 12.4. The lowest BCUT2D eigenvalue weighted by Gasteiger charge is -2.32. The highest BCUT2D eigenvalue weighted by molar-refractivity contribution is 5.81. The molecule has 0 aliphatic carbocycles. The lowest BCUT2D eigenvalue weighted by Crippen LogP contribution is -2.49. The minimum atomic E-state index is -0.128. The highest BCUT2D eigenvalue weighted by atomic mass is 16.5. The number of likely N-dealkylation sites (N-methyl/N-ethyl adjacent to an activating group) is 1. The summed E-state index contributed by atoms with van der Waals surface area (Å²) in [5.74, 6) is 0.180. The van der Waals surface area contributed by atoms with Crippen LogP contribution in [0.1, 0.15) is 18.1 Å². The third-order valence-corrected chi connectivity index (χ3v) is 4.03. The third kappa shape index (κ3) is 4.27. The van der Waals surface area contributed by atoms with Crippen LogP contribution in [0.4, 0.5) is 0 Å². The zero-order valence-electron chi connectivity index (χ0n) is 12.9. The summed E-state index contributed by atoms with van der Waals surface area (Å²) in [5, 5.41) is 0. The molecule has 116 valence electrons. The van der Waals surface area contributed by atoms with Crippen molar-refractivity contribution < 1.29 is 9.53 Å². The summed E-state index contributed by atoms with van der Waals surface area (Å²) in [6.45, 7) is 5.95. The number of nitrogens with two attached hydrogens (primary N) is 1. The van der Waals surface area contributed by atoms with Crippen LogP contribution in [-0.2, 0) is 22.6 Å². The molecule has 1 fully saturated rings. The van der Waals surface area contributed by atoms with Gasteiger partial charge in [0.2, 0.25) is 5.91 Å². The molecular formula is C16H25N3O2. The summed E-state index contributed by atoms with van der Waals surface area (Å²) < 4.78 is 5.29. The van der Waals surface area contributed by atoms with E-state index in [1.165, 1.54) is 5.56 Å². The Kier molecular flexibility index (Phi) is 5.73. The average molecular weight is 291 g/mol. The molecule has 0 aromatic heterocycles. The van der Waals surface area contributed by atoms with Gasteiger partial charge in [-0.05, 0) is 25.1 Å². The molecule has 2 N–H and O–H groups in total. The summed E-state index contributed by atoms with van der Waals surface area (Å²) >= 11 is 0. The molecule has 1 aliphatic rings. The van der Waals surface area contributed by atoms with E-state index in [9.17, 15) is 4.79 Å². The molecule has 1 heterocycles. The third-order valence-electron chi connectivity index (χ3n) is 4.03. The van der Waals surface area contributed by atoms with E-state index in [2.05, 4.69) is 17.0 Å². The molecule has 0 radical (unpaired) electrons. The largest absolute Gasteiger partial charge is 0.378 e. The fourth-order valence-corrected chi connectivity index (χ4v) is 2.44. The Labute approximate surface area is 126 Å². The van der Waals surface area contributed by atoms with Crippen LogP contribution in [-0.4, -0.2) is 55.1 Å². The number of nitrogens with zero attached hydrogens (tertiary/aromatic N) is 2. The fraction of sp³-hybridized carbons (Fsp3) is 0.562. The molecule has 2 rings (SSSR count). The number of morpholine rings is 1. The predicted octanol–water partition coefficient (Wildman–Crippen LogP) is 0.824. The number of benzene rings is 1. The van der Waals surface area contributed by atoms with Crippen LogP contribution in [0.3, 0.4) is 0 Å². The van der Waals surface area contributed by atoms with E-state index < -0.39 is 0 Å². The van der Waals surface area contributed by atoms with E-state index >= 15 is 0 Å². The van der Waals surface area contributed by atoms with Gasteiger partial charge in [0.15, 0.2) is 0 Å². The maximum atomic E-state index is 12.4. The maximum Gasteiger partial charge on any atom is 0.239 e. The second-order valence-electron chi connectivity index (χ2n) is 5.55. The van der Waals surface area contributed by atoms with Crippen LogP contribution < -0.4 is 5.73 Å². The summed E-state index contributed by atoms with van der Waals surface area (Å²) in [5.41, 5.74) is 7.92. The Morgan fingerprint density at radius 3 is 2.43 bits per heavy atom. The van der Waals surface area contributed by atoms with Crippen LogP contribution in [0.15, 0.2) is 24.3 Å². The van der Waals surface area contributed by atoms with Gasteiger partial charge in [-0.2, -0.15) is 0 Å². The molecular weight excluding hydrogens is 266 g/mol. The van der Waals surface area contributed by atoms with E-state index in [1.807, 2.05) is 31.0 Å². The van der Waals surface area contributed by atoms with Crippen molar-refractivity contribution in [1.29, 1.82) is 0 Å². The number of hydrogen-bond donors (Lipinski definition) is 1. The van der Waals surface area contributed by atoms with Crippen molar-refractivity contribution in [3.63, 3.8) is 0 Å². The van der Waals surface area contributed by atoms with Crippen molar-refractivity contribution in [2.45, 2.75) is 26.1 Å². The zero-order chi connectivity index (χ0) is 15.2. The lowest BCUT2D eigenvalue weighted by atomic mass is 10.1. The van der Waals surface area contributed by atoms with Crippen LogP contribution in [0, 0.1) is 0 Å². The van der Waals surface area contributed by atoms with Crippen molar-refractivity contribution in [2.24, 2.45) is 5.73 Å². The van der Waals surface area contributed by atoms with Crippen molar-refractivity contribution >= 4 is 5.91 Å². The first kappa shape index (κ1) is 15.9. The molecule has 1 aliphatic heterocycles. The van der Waals surface area contributed by atoms with Gasteiger partial charge in [0.1, 0.15) is 0 Å². The lowest BCUT2D eigenvalue weighted by molar-refractivity contribution is -0.140. The molecule has 0 spiro atoms. The molecule has 1 aromatic rings. The number of hydrogen-bond acceptors (Lipinski definition) is 4. The highest BCUT2D eigenvalue weighted by Gasteiger charge is 2.25. The second-order valence-corrected chi connectivity index (χ2v) is 5.55. The molecule has 5 heteroatoms. The van der Waals surface area contributed by atoms with Crippen molar-refractivity contribution in [2.75, 3.05) is 33.4 Å².